The number of hydrogen-bond acceptors (Lipinski definition) is 3. The van der Waals surface area contributed by atoms with Crippen LogP contribution in [0.2, 0.25) is 0 Å². The van der Waals surface area contributed by atoms with E-state index in [4.69, 9.17) is 0 Å². The molecule has 166 valence electrons. The molecule has 0 amide bonds. The molecule has 3 unspecified atom stereocenters. The number of hydrogen-bond donors (Lipinski definition) is 3. The third kappa shape index (κ3) is 8.08. The largest absolute Gasteiger partial charge is 0.481 e. The number of carbonyl (C=O) groups is 2. The molecule has 0 aliphatic carbocycles. The van der Waals surface area contributed by atoms with Gasteiger partial charge in [-0.1, -0.05) is 78.1 Å². The highest BCUT2D eigenvalue weighted by Gasteiger charge is 2.59. The number of carboxylic acid groups (broad SMARTS) is 2. The van der Waals surface area contributed by atoms with Crippen LogP contribution in [-0.4, -0.2) is 65.0 Å². The highest BCUT2D eigenvalue weighted by molar-refractivity contribution is 5.85. The molecule has 0 bridgehead atoms. The lowest BCUT2D eigenvalue weighted by atomic mass is 9.70. The molecule has 3 N–H and O–H groups in total. The molecule has 3 atom stereocenters. The zero-order chi connectivity index (χ0) is 21.8. The minimum absolute atomic E-state index is 0.0510. The monoisotopic (exact) mass is 402 g/mol. The summed E-state index contributed by atoms with van der Waals surface area (Å²) in [7, 11) is 5.00. The second-order valence-electron chi connectivity index (χ2n) is 9.04. The predicted molar refractivity (Wildman–Crippen MR) is 112 cm³/mol. The van der Waals surface area contributed by atoms with Crippen LogP contribution < -0.4 is 0 Å². The fourth-order valence-electron chi connectivity index (χ4n) is 4.35. The Bertz CT molecular complexity index is 460. The van der Waals surface area contributed by atoms with Gasteiger partial charge < -0.3 is 19.8 Å². The number of likely N-dealkylation sites (N-methyl/N-ethyl adjacent to an activating group) is 1. The smallest absolute Gasteiger partial charge is 0.363 e. The Hall–Kier alpha value is -1.14. The number of carboxylic acids is 2. The van der Waals surface area contributed by atoms with Gasteiger partial charge in [-0.3, -0.25) is 4.79 Å². The van der Waals surface area contributed by atoms with Gasteiger partial charge in [0.2, 0.25) is 6.04 Å². The first kappa shape index (κ1) is 26.9. The van der Waals surface area contributed by atoms with Crippen molar-refractivity contribution < 1.29 is 29.4 Å². The summed E-state index contributed by atoms with van der Waals surface area (Å²) in [5, 5.41) is 30.4. The van der Waals surface area contributed by atoms with Crippen LogP contribution in [0.25, 0.3) is 0 Å². The summed E-state index contributed by atoms with van der Waals surface area (Å²) in [4.78, 5) is 24.0. The molecule has 0 rings (SSSR count). The molecule has 0 saturated heterocycles. The van der Waals surface area contributed by atoms with Crippen LogP contribution in [-0.2, 0) is 9.59 Å². The highest BCUT2D eigenvalue weighted by Crippen LogP contribution is 2.38. The molecule has 0 heterocycles. The van der Waals surface area contributed by atoms with Crippen molar-refractivity contribution in [2.45, 2.75) is 103 Å². The van der Waals surface area contributed by atoms with Crippen molar-refractivity contribution >= 4 is 11.9 Å². The molecular formula is C22H44NO5+. The van der Waals surface area contributed by atoms with E-state index in [1.165, 1.54) is 38.5 Å². The molecule has 0 spiro atoms. The average molecular weight is 403 g/mol. The minimum atomic E-state index is -1.69. The van der Waals surface area contributed by atoms with E-state index < -0.39 is 29.5 Å². The molecular weight excluding hydrogens is 358 g/mol. The first-order valence-corrected chi connectivity index (χ1v) is 11.0. The zero-order valence-electron chi connectivity index (χ0n) is 18.7. The van der Waals surface area contributed by atoms with Gasteiger partial charge in [-0.2, -0.15) is 0 Å². The van der Waals surface area contributed by atoms with E-state index in [-0.39, 0.29) is 10.9 Å². The van der Waals surface area contributed by atoms with E-state index in [2.05, 4.69) is 6.92 Å². The van der Waals surface area contributed by atoms with Gasteiger partial charge in [0.05, 0.1) is 27.2 Å². The van der Waals surface area contributed by atoms with Gasteiger partial charge in [0.25, 0.3) is 0 Å². The zero-order valence-corrected chi connectivity index (χ0v) is 18.7. The van der Waals surface area contributed by atoms with Crippen LogP contribution in [0.15, 0.2) is 0 Å². The van der Waals surface area contributed by atoms with E-state index in [0.29, 0.717) is 6.42 Å². The van der Waals surface area contributed by atoms with Crippen molar-refractivity contribution in [3.05, 3.63) is 0 Å². The summed E-state index contributed by atoms with van der Waals surface area (Å²) in [5.41, 5.74) is -1.69. The standard InChI is InChI=1S/C22H43NO5/c1-6-8-9-10-11-12-13-14-15-16-17-18(24)22(7-2,21(27)28)19(20(25)26)23(3,4)5/h18-19,24H,6-17H2,1-5H3,(H-,25,26,27,28)/p+1. The Kier molecular flexibility index (Phi) is 12.6. The Morgan fingerprint density at radius 3 is 1.57 bits per heavy atom. The van der Waals surface area contributed by atoms with Crippen molar-refractivity contribution in [1.82, 2.24) is 0 Å². The summed E-state index contributed by atoms with van der Waals surface area (Å²) < 4.78 is -0.0510. The quantitative estimate of drug-likeness (QED) is 0.249. The number of unbranched alkanes of at least 4 members (excludes halogenated alkanes) is 9. The summed E-state index contributed by atoms with van der Waals surface area (Å²) in [6.07, 6.45) is 10.8. The molecule has 0 aromatic heterocycles. The lowest BCUT2D eigenvalue weighted by Gasteiger charge is -2.44. The van der Waals surface area contributed by atoms with Crippen molar-refractivity contribution in [1.29, 1.82) is 0 Å². The molecule has 6 heteroatoms. The Labute approximate surface area is 171 Å². The summed E-state index contributed by atoms with van der Waals surface area (Å²) in [6, 6.07) is -1.21. The minimum Gasteiger partial charge on any atom is -0.481 e. The number of aliphatic hydroxyl groups excluding tert-OH is 1. The normalized spacial score (nSPS) is 16.4. The SMILES string of the molecule is CCCCCCCCCCCCC(O)C(CC)(C(=O)O)C(C(=O)O)[N+](C)(C)C. The van der Waals surface area contributed by atoms with Gasteiger partial charge in [0.15, 0.2) is 5.41 Å². The van der Waals surface area contributed by atoms with Gasteiger partial charge >= 0.3 is 11.9 Å². The fraction of sp³-hybridized carbons (Fsp3) is 0.909. The van der Waals surface area contributed by atoms with E-state index in [1.807, 2.05) is 0 Å². The molecule has 28 heavy (non-hydrogen) atoms. The summed E-state index contributed by atoms with van der Waals surface area (Å²) >= 11 is 0. The maximum atomic E-state index is 12.1. The molecule has 6 nitrogen and oxygen atoms in total. The van der Waals surface area contributed by atoms with Crippen molar-refractivity contribution in [3.8, 4) is 0 Å². The molecule has 0 aliphatic heterocycles. The third-order valence-electron chi connectivity index (χ3n) is 5.91. The number of quaternary nitrogens is 1. The van der Waals surface area contributed by atoms with E-state index in [9.17, 15) is 24.9 Å². The number of nitrogens with zero attached hydrogens (tertiary/aromatic N) is 1. The van der Waals surface area contributed by atoms with Gasteiger partial charge in [-0.25, -0.2) is 4.79 Å². The van der Waals surface area contributed by atoms with Crippen LogP contribution in [0, 0.1) is 5.41 Å². The Morgan fingerprint density at radius 2 is 1.25 bits per heavy atom. The van der Waals surface area contributed by atoms with Crippen molar-refractivity contribution in [2.24, 2.45) is 5.41 Å². The van der Waals surface area contributed by atoms with Crippen LogP contribution in [0.5, 0.6) is 0 Å². The van der Waals surface area contributed by atoms with Crippen LogP contribution in [0.3, 0.4) is 0 Å². The molecule has 0 aromatic carbocycles. The molecule has 0 aromatic rings. The second-order valence-corrected chi connectivity index (χ2v) is 9.04. The van der Waals surface area contributed by atoms with Crippen LogP contribution in [0.4, 0.5) is 0 Å². The highest BCUT2D eigenvalue weighted by atomic mass is 16.4. The van der Waals surface area contributed by atoms with Crippen molar-refractivity contribution in [2.75, 3.05) is 21.1 Å². The van der Waals surface area contributed by atoms with E-state index in [1.54, 1.807) is 28.1 Å². The average Bonchev–Trinajstić information content (AvgIpc) is 2.59. The summed E-state index contributed by atoms with van der Waals surface area (Å²) in [5.74, 6) is -2.41. The molecule has 0 saturated carbocycles. The Balaban J connectivity index is 4.67. The second kappa shape index (κ2) is 13.2. The lowest BCUT2D eigenvalue weighted by Crippen LogP contribution is -2.65. The lowest BCUT2D eigenvalue weighted by molar-refractivity contribution is -0.894. The Morgan fingerprint density at radius 1 is 0.821 bits per heavy atom. The van der Waals surface area contributed by atoms with Crippen molar-refractivity contribution in [3.63, 3.8) is 0 Å². The van der Waals surface area contributed by atoms with Gasteiger partial charge in [-0.05, 0) is 12.8 Å². The maximum absolute atomic E-state index is 12.1. The number of rotatable bonds is 17. The maximum Gasteiger partial charge on any atom is 0.363 e. The topological polar surface area (TPSA) is 94.8 Å². The fourth-order valence-corrected chi connectivity index (χ4v) is 4.35. The molecule has 0 fully saturated rings. The third-order valence-corrected chi connectivity index (χ3v) is 5.91. The van der Waals surface area contributed by atoms with Gasteiger partial charge in [-0.15, -0.1) is 0 Å². The first-order chi connectivity index (χ1) is 13.1. The number of aliphatic hydroxyl groups is 1. The first-order valence-electron chi connectivity index (χ1n) is 11.0. The van der Waals surface area contributed by atoms with Gasteiger partial charge in [0, 0.05) is 0 Å². The summed E-state index contributed by atoms with van der Waals surface area (Å²) in [6.45, 7) is 3.87. The van der Waals surface area contributed by atoms with E-state index >= 15 is 0 Å². The van der Waals surface area contributed by atoms with E-state index in [0.717, 1.165) is 25.7 Å². The number of aliphatic carboxylic acids is 2. The predicted octanol–water partition coefficient (Wildman–Crippen LogP) is 4.30. The molecule has 0 aliphatic rings. The van der Waals surface area contributed by atoms with Gasteiger partial charge in [0.1, 0.15) is 0 Å². The van der Waals surface area contributed by atoms with Crippen LogP contribution >= 0.6 is 0 Å². The van der Waals surface area contributed by atoms with Crippen LogP contribution in [0.1, 0.15) is 90.9 Å². The molecule has 0 radical (unpaired) electrons.